The lowest BCUT2D eigenvalue weighted by Gasteiger charge is -2.23. The van der Waals surface area contributed by atoms with Gasteiger partial charge in [-0.05, 0) is 31.2 Å². The third-order valence-corrected chi connectivity index (χ3v) is 5.25. The van der Waals surface area contributed by atoms with Crippen LogP contribution in [0.25, 0.3) is 0 Å². The number of halogens is 1. The molecule has 4 rings (SSSR count). The molecule has 0 radical (unpaired) electrons. The van der Waals surface area contributed by atoms with Crippen molar-refractivity contribution in [3.05, 3.63) is 69.1 Å². The summed E-state index contributed by atoms with van der Waals surface area (Å²) in [6.45, 7) is 3.30. The third kappa shape index (κ3) is 3.77. The van der Waals surface area contributed by atoms with Crippen LogP contribution >= 0.6 is 22.9 Å². The van der Waals surface area contributed by atoms with Gasteiger partial charge in [0.2, 0.25) is 0 Å². The fourth-order valence-corrected chi connectivity index (χ4v) is 3.90. The molecule has 0 amide bonds. The zero-order valence-electron chi connectivity index (χ0n) is 14.6. The maximum Gasteiger partial charge on any atom is 0.357 e. The van der Waals surface area contributed by atoms with Crippen molar-refractivity contribution in [3.63, 3.8) is 0 Å². The second kappa shape index (κ2) is 7.58. The first-order chi connectivity index (χ1) is 13.1. The highest BCUT2D eigenvalue weighted by Crippen LogP contribution is 2.41. The SMILES string of the molecule is CCOC(=O)c1csc(CN2Cc3ccccc3Oc3ccc(Cl)cc32)n1. The second-order valence-electron chi connectivity index (χ2n) is 6.02. The van der Waals surface area contributed by atoms with Crippen LogP contribution in [0.5, 0.6) is 11.5 Å². The molecule has 0 unspecified atom stereocenters. The van der Waals surface area contributed by atoms with Gasteiger partial charge >= 0.3 is 5.97 Å². The van der Waals surface area contributed by atoms with Crippen molar-refractivity contribution in [2.24, 2.45) is 0 Å². The van der Waals surface area contributed by atoms with Gasteiger partial charge in [-0.1, -0.05) is 29.8 Å². The zero-order valence-corrected chi connectivity index (χ0v) is 16.2. The monoisotopic (exact) mass is 400 g/mol. The molecule has 0 atom stereocenters. The van der Waals surface area contributed by atoms with Crippen molar-refractivity contribution < 1.29 is 14.3 Å². The highest BCUT2D eigenvalue weighted by molar-refractivity contribution is 7.09. The molecule has 138 valence electrons. The summed E-state index contributed by atoms with van der Waals surface area (Å²) in [5.74, 6) is 1.18. The number of ether oxygens (including phenoxy) is 2. The van der Waals surface area contributed by atoms with Crippen LogP contribution in [0.3, 0.4) is 0 Å². The van der Waals surface area contributed by atoms with Gasteiger partial charge in [0.15, 0.2) is 11.4 Å². The summed E-state index contributed by atoms with van der Waals surface area (Å²) < 4.78 is 11.1. The van der Waals surface area contributed by atoms with Crippen molar-refractivity contribution >= 4 is 34.6 Å². The van der Waals surface area contributed by atoms with Gasteiger partial charge in [-0.15, -0.1) is 11.3 Å². The summed E-state index contributed by atoms with van der Waals surface area (Å²) in [7, 11) is 0. The summed E-state index contributed by atoms with van der Waals surface area (Å²) in [4.78, 5) is 18.5. The van der Waals surface area contributed by atoms with Gasteiger partial charge in [-0.2, -0.15) is 0 Å². The van der Waals surface area contributed by atoms with E-state index in [0.29, 0.717) is 30.4 Å². The number of aromatic nitrogens is 1. The fraction of sp³-hybridized carbons (Fsp3) is 0.200. The van der Waals surface area contributed by atoms with E-state index in [4.69, 9.17) is 21.1 Å². The number of hydrogen-bond acceptors (Lipinski definition) is 6. The maximum absolute atomic E-state index is 11.9. The van der Waals surface area contributed by atoms with Crippen LogP contribution in [0.4, 0.5) is 5.69 Å². The molecule has 7 heteroatoms. The summed E-state index contributed by atoms with van der Waals surface area (Å²) in [6, 6.07) is 13.5. The molecule has 3 aromatic rings. The van der Waals surface area contributed by atoms with Crippen LogP contribution < -0.4 is 9.64 Å². The molecular weight excluding hydrogens is 384 g/mol. The normalized spacial score (nSPS) is 12.6. The number of benzene rings is 2. The lowest BCUT2D eigenvalue weighted by atomic mass is 10.2. The van der Waals surface area contributed by atoms with E-state index in [-0.39, 0.29) is 0 Å². The summed E-state index contributed by atoms with van der Waals surface area (Å²) in [5, 5.41) is 3.19. The van der Waals surface area contributed by atoms with Crippen LogP contribution in [0.15, 0.2) is 47.8 Å². The summed E-state index contributed by atoms with van der Waals surface area (Å²) >= 11 is 7.67. The lowest BCUT2D eigenvalue weighted by molar-refractivity contribution is 0.0520. The topological polar surface area (TPSA) is 51.7 Å². The third-order valence-electron chi connectivity index (χ3n) is 4.18. The van der Waals surface area contributed by atoms with Crippen LogP contribution in [0.1, 0.15) is 28.0 Å². The molecule has 0 saturated heterocycles. The van der Waals surface area contributed by atoms with Crippen molar-refractivity contribution in [3.8, 4) is 11.5 Å². The Morgan fingerprint density at radius 1 is 1.30 bits per heavy atom. The van der Waals surface area contributed by atoms with Gasteiger partial charge in [0.1, 0.15) is 10.8 Å². The van der Waals surface area contributed by atoms with Gasteiger partial charge in [0.05, 0.1) is 18.8 Å². The fourth-order valence-electron chi connectivity index (χ4n) is 2.95. The Bertz CT molecular complexity index is 989. The number of para-hydroxylation sites is 1. The van der Waals surface area contributed by atoms with Gasteiger partial charge in [-0.25, -0.2) is 9.78 Å². The van der Waals surface area contributed by atoms with Crippen LogP contribution in [-0.4, -0.2) is 17.6 Å². The largest absolute Gasteiger partial charge is 0.461 e. The van der Waals surface area contributed by atoms with Crippen LogP contribution in [-0.2, 0) is 17.8 Å². The number of nitrogens with zero attached hydrogens (tertiary/aromatic N) is 2. The Labute approximate surface area is 166 Å². The Balaban J connectivity index is 1.67. The Morgan fingerprint density at radius 3 is 3.00 bits per heavy atom. The average molecular weight is 401 g/mol. The second-order valence-corrected chi connectivity index (χ2v) is 7.40. The summed E-state index contributed by atoms with van der Waals surface area (Å²) in [6.07, 6.45) is 0. The number of esters is 1. The molecule has 27 heavy (non-hydrogen) atoms. The van der Waals surface area contributed by atoms with E-state index in [0.717, 1.165) is 27.8 Å². The molecule has 5 nitrogen and oxygen atoms in total. The van der Waals surface area contributed by atoms with Crippen molar-refractivity contribution in [1.82, 2.24) is 4.98 Å². The number of anilines is 1. The predicted octanol–water partition coefficient (Wildman–Crippen LogP) is 5.29. The number of fused-ring (bicyclic) bond motifs is 2. The first-order valence-electron chi connectivity index (χ1n) is 8.56. The molecule has 0 aliphatic carbocycles. The smallest absolute Gasteiger partial charge is 0.357 e. The van der Waals surface area contributed by atoms with Crippen molar-refractivity contribution in [2.45, 2.75) is 20.0 Å². The number of carbonyl (C=O) groups is 1. The highest BCUT2D eigenvalue weighted by atomic mass is 35.5. The lowest BCUT2D eigenvalue weighted by Crippen LogP contribution is -2.21. The van der Waals surface area contributed by atoms with Gasteiger partial charge in [0, 0.05) is 22.5 Å². The summed E-state index contributed by atoms with van der Waals surface area (Å²) in [5.41, 5.74) is 2.31. The van der Waals surface area contributed by atoms with E-state index >= 15 is 0 Å². The van der Waals surface area contributed by atoms with Crippen molar-refractivity contribution in [2.75, 3.05) is 11.5 Å². The number of rotatable bonds is 4. The molecule has 0 spiro atoms. The van der Waals surface area contributed by atoms with Crippen LogP contribution in [0, 0.1) is 0 Å². The first-order valence-corrected chi connectivity index (χ1v) is 9.81. The molecule has 2 aromatic carbocycles. The molecule has 1 aliphatic rings. The molecule has 0 N–H and O–H groups in total. The van der Waals surface area contributed by atoms with E-state index < -0.39 is 5.97 Å². The van der Waals surface area contributed by atoms with Gasteiger partial charge < -0.3 is 14.4 Å². The predicted molar refractivity (Wildman–Crippen MR) is 106 cm³/mol. The molecule has 1 aliphatic heterocycles. The van der Waals surface area contributed by atoms with E-state index in [9.17, 15) is 4.79 Å². The number of thiazole rings is 1. The van der Waals surface area contributed by atoms with E-state index in [1.165, 1.54) is 11.3 Å². The Morgan fingerprint density at radius 2 is 2.15 bits per heavy atom. The van der Waals surface area contributed by atoms with Crippen molar-refractivity contribution in [1.29, 1.82) is 0 Å². The Hall–Kier alpha value is -2.57. The number of carbonyl (C=O) groups excluding carboxylic acids is 1. The molecule has 0 saturated carbocycles. The van der Waals surface area contributed by atoms with Crippen LogP contribution in [0.2, 0.25) is 5.02 Å². The number of hydrogen-bond donors (Lipinski definition) is 0. The quantitative estimate of drug-likeness (QED) is 0.557. The average Bonchev–Trinajstić information content (AvgIpc) is 3.07. The van der Waals surface area contributed by atoms with E-state index in [1.54, 1.807) is 12.3 Å². The molecule has 2 heterocycles. The van der Waals surface area contributed by atoms with E-state index in [2.05, 4.69) is 9.88 Å². The highest BCUT2D eigenvalue weighted by Gasteiger charge is 2.22. The molecule has 1 aromatic heterocycles. The molecular formula is C20H17ClN2O3S. The van der Waals surface area contributed by atoms with Gasteiger partial charge in [0.25, 0.3) is 0 Å². The van der Waals surface area contributed by atoms with Gasteiger partial charge in [-0.3, -0.25) is 0 Å². The zero-order chi connectivity index (χ0) is 18.8. The Kier molecular flexibility index (Phi) is 5.01. The maximum atomic E-state index is 11.9. The standard InChI is InChI=1S/C20H17ClN2O3S/c1-2-25-20(24)15-12-27-19(22-15)11-23-10-13-5-3-4-6-17(13)26-18-8-7-14(21)9-16(18)23/h3-9,12H,2,10-11H2,1H3. The van der Waals surface area contributed by atoms with E-state index in [1.807, 2.05) is 42.5 Å². The minimum atomic E-state index is -0.395. The minimum absolute atomic E-state index is 0.331. The minimum Gasteiger partial charge on any atom is -0.461 e. The molecule has 0 bridgehead atoms. The first kappa shape index (κ1) is 17.8. The molecule has 0 fully saturated rings.